The molecule has 3 rings (SSSR count). The maximum absolute atomic E-state index is 11.0. The zero-order chi connectivity index (χ0) is 19.4. The van der Waals surface area contributed by atoms with Crippen LogP contribution in [0.25, 0.3) is 0 Å². The van der Waals surface area contributed by atoms with Crippen LogP contribution in [0.5, 0.6) is 0 Å². The fourth-order valence-corrected chi connectivity index (χ4v) is 4.79. The molecular formula is C19H15Cl2IN2O2S. The Hall–Kier alpha value is -1.19. The van der Waals surface area contributed by atoms with Crippen molar-refractivity contribution in [3.8, 4) is 0 Å². The van der Waals surface area contributed by atoms with Gasteiger partial charge < -0.3 is 0 Å². The number of rotatable bonds is 7. The van der Waals surface area contributed by atoms with Gasteiger partial charge in [-0.25, -0.2) is 0 Å². The first-order chi connectivity index (χ1) is 12.9. The van der Waals surface area contributed by atoms with Crippen molar-refractivity contribution < 1.29 is 4.92 Å². The van der Waals surface area contributed by atoms with Gasteiger partial charge in [0.05, 0.1) is 19.0 Å². The Kier molecular flexibility index (Phi) is 7.10. The van der Waals surface area contributed by atoms with E-state index in [9.17, 15) is 10.1 Å². The summed E-state index contributed by atoms with van der Waals surface area (Å²) in [5, 5.41) is 12.2. The Balaban J connectivity index is 1.87. The van der Waals surface area contributed by atoms with E-state index in [0.717, 1.165) is 10.4 Å². The summed E-state index contributed by atoms with van der Waals surface area (Å²) in [7, 11) is 0. The van der Waals surface area contributed by atoms with Crippen LogP contribution in [0.3, 0.4) is 0 Å². The van der Waals surface area contributed by atoms with E-state index in [4.69, 9.17) is 23.2 Å². The molecule has 2 aromatic carbocycles. The van der Waals surface area contributed by atoms with Crippen molar-refractivity contribution >= 4 is 62.1 Å². The minimum atomic E-state index is -0.349. The van der Waals surface area contributed by atoms with Gasteiger partial charge in [0.1, 0.15) is 0 Å². The molecule has 1 atom stereocenters. The molecule has 3 aromatic rings. The van der Waals surface area contributed by atoms with Gasteiger partial charge in [0, 0.05) is 24.0 Å². The molecule has 0 radical (unpaired) electrons. The van der Waals surface area contributed by atoms with Crippen LogP contribution in [-0.2, 0) is 13.1 Å². The highest BCUT2D eigenvalue weighted by atomic mass is 127. The Morgan fingerprint density at radius 3 is 2.33 bits per heavy atom. The van der Waals surface area contributed by atoms with Crippen molar-refractivity contribution in [2.75, 3.05) is 0 Å². The zero-order valence-electron chi connectivity index (χ0n) is 14.0. The molecule has 0 bridgehead atoms. The summed E-state index contributed by atoms with van der Waals surface area (Å²) < 4.78 is -0.0176. The van der Waals surface area contributed by atoms with Gasteiger partial charge in [-0.15, -0.1) is 0 Å². The van der Waals surface area contributed by atoms with Gasteiger partial charge in [0.25, 0.3) is 0 Å². The standard InChI is InChI=1S/C19H15Cl2IN2O2S/c20-15-7-6-14(10-16(15)21)12-23(11-13-4-2-1-3-5-13)19(22)17-8-9-18(27-17)24(25)26/h1-10,19H,11-12H2. The maximum atomic E-state index is 11.0. The summed E-state index contributed by atoms with van der Waals surface area (Å²) >= 11 is 15.7. The second-order valence-corrected chi connectivity index (χ2v) is 9.00. The number of halogens is 3. The lowest BCUT2D eigenvalue weighted by Gasteiger charge is -2.27. The van der Waals surface area contributed by atoms with Crippen LogP contribution in [0.1, 0.15) is 20.1 Å². The highest BCUT2D eigenvalue weighted by Crippen LogP contribution is 2.38. The first-order valence-corrected chi connectivity index (χ1v) is 10.9. The Bertz CT molecular complexity index is 936. The van der Waals surface area contributed by atoms with Crippen LogP contribution < -0.4 is 0 Å². The molecule has 1 aromatic heterocycles. The first-order valence-electron chi connectivity index (χ1n) is 8.04. The highest BCUT2D eigenvalue weighted by molar-refractivity contribution is 14.1. The quantitative estimate of drug-likeness (QED) is 0.107. The fraction of sp³-hybridized carbons (Fsp3) is 0.158. The summed E-state index contributed by atoms with van der Waals surface area (Å²) in [4.78, 5) is 13.9. The monoisotopic (exact) mass is 532 g/mol. The first kappa shape index (κ1) is 20.5. The van der Waals surface area contributed by atoms with Crippen molar-refractivity contribution in [2.45, 2.75) is 17.1 Å². The lowest BCUT2D eigenvalue weighted by Crippen LogP contribution is -2.24. The lowest BCUT2D eigenvalue weighted by molar-refractivity contribution is -0.380. The maximum Gasteiger partial charge on any atom is 0.324 e. The van der Waals surface area contributed by atoms with E-state index in [0.29, 0.717) is 23.1 Å². The van der Waals surface area contributed by atoms with E-state index in [-0.39, 0.29) is 14.0 Å². The predicted molar refractivity (Wildman–Crippen MR) is 120 cm³/mol. The van der Waals surface area contributed by atoms with Gasteiger partial charge in [-0.2, -0.15) is 0 Å². The normalized spacial score (nSPS) is 12.3. The van der Waals surface area contributed by atoms with Gasteiger partial charge in [-0.3, -0.25) is 15.0 Å². The van der Waals surface area contributed by atoms with Crippen LogP contribution in [0.2, 0.25) is 10.0 Å². The molecular weight excluding hydrogens is 518 g/mol. The van der Waals surface area contributed by atoms with Crippen LogP contribution in [0.4, 0.5) is 5.00 Å². The molecule has 1 heterocycles. The Morgan fingerprint density at radius 2 is 1.70 bits per heavy atom. The highest BCUT2D eigenvalue weighted by Gasteiger charge is 2.22. The van der Waals surface area contributed by atoms with Crippen LogP contribution >= 0.6 is 57.1 Å². The molecule has 140 valence electrons. The Morgan fingerprint density at radius 1 is 1.00 bits per heavy atom. The van der Waals surface area contributed by atoms with Gasteiger partial charge in [0.2, 0.25) is 0 Å². The molecule has 0 aliphatic rings. The zero-order valence-corrected chi connectivity index (χ0v) is 18.5. The second-order valence-electron chi connectivity index (χ2n) is 5.91. The van der Waals surface area contributed by atoms with Crippen molar-refractivity contribution in [3.63, 3.8) is 0 Å². The third-order valence-electron chi connectivity index (χ3n) is 3.95. The molecule has 0 saturated carbocycles. The van der Waals surface area contributed by atoms with Crippen molar-refractivity contribution in [2.24, 2.45) is 0 Å². The van der Waals surface area contributed by atoms with Gasteiger partial charge >= 0.3 is 5.00 Å². The molecule has 0 aliphatic carbocycles. The van der Waals surface area contributed by atoms with E-state index in [1.54, 1.807) is 12.1 Å². The van der Waals surface area contributed by atoms with Crippen molar-refractivity contribution in [3.05, 3.63) is 96.8 Å². The predicted octanol–water partition coefficient (Wildman–Crippen LogP) is 7.10. The van der Waals surface area contributed by atoms with E-state index < -0.39 is 0 Å². The number of nitrogens with zero attached hydrogens (tertiary/aromatic N) is 2. The molecule has 27 heavy (non-hydrogen) atoms. The number of hydrogen-bond acceptors (Lipinski definition) is 4. The van der Waals surface area contributed by atoms with E-state index in [1.807, 2.05) is 36.4 Å². The summed E-state index contributed by atoms with van der Waals surface area (Å²) in [6.45, 7) is 1.35. The summed E-state index contributed by atoms with van der Waals surface area (Å²) in [6.07, 6.45) is 0. The molecule has 0 saturated heterocycles. The summed E-state index contributed by atoms with van der Waals surface area (Å²) in [6, 6.07) is 19.1. The average molecular weight is 533 g/mol. The summed E-state index contributed by atoms with van der Waals surface area (Å²) in [5.41, 5.74) is 2.21. The molecule has 4 nitrogen and oxygen atoms in total. The van der Waals surface area contributed by atoms with E-state index >= 15 is 0 Å². The van der Waals surface area contributed by atoms with E-state index in [2.05, 4.69) is 39.6 Å². The Labute approximate surface area is 185 Å². The third kappa shape index (κ3) is 5.42. The molecule has 0 N–H and O–H groups in total. The molecule has 0 fully saturated rings. The van der Waals surface area contributed by atoms with Crippen molar-refractivity contribution in [1.29, 1.82) is 0 Å². The van der Waals surface area contributed by atoms with Gasteiger partial charge in [-0.1, -0.05) is 93.5 Å². The van der Waals surface area contributed by atoms with Gasteiger partial charge in [-0.05, 0) is 29.3 Å². The molecule has 1 unspecified atom stereocenters. The molecule has 0 spiro atoms. The molecule has 0 amide bonds. The molecule has 0 aliphatic heterocycles. The fourth-order valence-electron chi connectivity index (χ4n) is 2.65. The third-order valence-corrected chi connectivity index (χ3v) is 7.66. The number of nitro groups is 1. The number of hydrogen-bond donors (Lipinski definition) is 0. The second kappa shape index (κ2) is 9.34. The minimum absolute atomic E-state index is 0.0176. The van der Waals surface area contributed by atoms with Crippen molar-refractivity contribution in [1.82, 2.24) is 4.90 Å². The lowest BCUT2D eigenvalue weighted by atomic mass is 10.1. The number of thiophene rings is 1. The van der Waals surface area contributed by atoms with Crippen LogP contribution in [0.15, 0.2) is 60.7 Å². The minimum Gasteiger partial charge on any atom is -0.279 e. The number of alkyl halides is 1. The summed E-state index contributed by atoms with van der Waals surface area (Å²) in [5.74, 6) is 0. The average Bonchev–Trinajstić information content (AvgIpc) is 3.15. The van der Waals surface area contributed by atoms with Gasteiger partial charge in [0.15, 0.2) is 0 Å². The van der Waals surface area contributed by atoms with Crippen LogP contribution in [-0.4, -0.2) is 9.82 Å². The topological polar surface area (TPSA) is 46.4 Å². The van der Waals surface area contributed by atoms with Crippen LogP contribution in [0, 0.1) is 10.1 Å². The smallest absolute Gasteiger partial charge is 0.279 e. The number of benzene rings is 2. The molecule has 8 heteroatoms. The largest absolute Gasteiger partial charge is 0.324 e. The van der Waals surface area contributed by atoms with E-state index in [1.165, 1.54) is 16.9 Å². The SMILES string of the molecule is O=[N+]([O-])c1ccc(C(I)N(Cc2ccccc2)Cc2ccc(Cl)c(Cl)c2)s1.